The summed E-state index contributed by atoms with van der Waals surface area (Å²) in [6, 6.07) is 12.8. The average molecular weight is 379 g/mol. The Morgan fingerprint density at radius 3 is 2.46 bits per heavy atom. The molecule has 3 N–H and O–H groups in total. The summed E-state index contributed by atoms with van der Waals surface area (Å²) in [7, 11) is 0. The first-order valence-corrected chi connectivity index (χ1v) is 8.30. The number of para-hydroxylation sites is 1. The Kier molecular flexibility index (Phi) is 6.97. The molecular formula is C19H23ClN2O4. The highest BCUT2D eigenvalue weighted by Gasteiger charge is 2.45. The van der Waals surface area contributed by atoms with Crippen LogP contribution in [0.4, 0.5) is 0 Å². The Hall–Kier alpha value is -2.15. The van der Waals surface area contributed by atoms with Gasteiger partial charge in [0.2, 0.25) is 0 Å². The molecule has 1 heterocycles. The molecule has 1 aromatic heterocycles. The zero-order chi connectivity index (χ0) is 17.7. The summed E-state index contributed by atoms with van der Waals surface area (Å²) >= 11 is 0. The molecule has 7 heteroatoms. The van der Waals surface area contributed by atoms with Gasteiger partial charge in [-0.3, -0.25) is 9.78 Å². The van der Waals surface area contributed by atoms with Gasteiger partial charge in [0.25, 0.3) is 5.91 Å². The molecular weight excluding hydrogens is 356 g/mol. The SMILES string of the molecule is Cl.O=C(NCC1(COc2ccccc2)C[C@@H](O)[C@@H](O)C1)c1cccnc1. The van der Waals surface area contributed by atoms with Crippen LogP contribution in [0.5, 0.6) is 5.75 Å². The second-order valence-electron chi connectivity index (χ2n) is 6.57. The molecule has 1 fully saturated rings. The number of carbonyl (C=O) groups excluding carboxylic acids is 1. The third-order valence-electron chi connectivity index (χ3n) is 4.56. The predicted octanol–water partition coefficient (Wildman–Crippen LogP) is 1.81. The highest BCUT2D eigenvalue weighted by molar-refractivity contribution is 5.93. The fourth-order valence-corrected chi connectivity index (χ4v) is 3.18. The van der Waals surface area contributed by atoms with Crippen LogP contribution >= 0.6 is 12.4 Å². The second kappa shape index (κ2) is 8.98. The number of carbonyl (C=O) groups is 1. The number of benzene rings is 1. The minimum atomic E-state index is -0.810. The molecule has 1 aliphatic carbocycles. The first-order chi connectivity index (χ1) is 12.1. The molecule has 0 bridgehead atoms. The molecule has 1 aliphatic rings. The van der Waals surface area contributed by atoms with Gasteiger partial charge in [0.1, 0.15) is 5.75 Å². The highest BCUT2D eigenvalue weighted by Crippen LogP contribution is 2.38. The maximum atomic E-state index is 12.3. The number of hydrogen-bond donors (Lipinski definition) is 3. The Morgan fingerprint density at radius 1 is 1.15 bits per heavy atom. The standard InChI is InChI=1S/C19H22N2O4.ClH/c22-16-9-19(10-17(16)23,13-25-15-6-2-1-3-7-15)12-21-18(24)14-5-4-8-20-11-14;/h1-8,11,16-17,22-23H,9-10,12-13H2,(H,21,24);1H/t16-,17+,19?;. The van der Waals surface area contributed by atoms with Gasteiger partial charge in [-0.25, -0.2) is 0 Å². The molecule has 1 amide bonds. The van der Waals surface area contributed by atoms with Crippen LogP contribution in [-0.4, -0.2) is 46.5 Å². The van der Waals surface area contributed by atoms with Crippen molar-refractivity contribution in [1.82, 2.24) is 10.3 Å². The van der Waals surface area contributed by atoms with Crippen molar-refractivity contribution in [2.75, 3.05) is 13.2 Å². The molecule has 3 rings (SSSR count). The zero-order valence-corrected chi connectivity index (χ0v) is 15.1. The molecule has 26 heavy (non-hydrogen) atoms. The van der Waals surface area contributed by atoms with E-state index in [-0.39, 0.29) is 18.3 Å². The van der Waals surface area contributed by atoms with Crippen molar-refractivity contribution in [3.05, 3.63) is 60.4 Å². The topological polar surface area (TPSA) is 91.7 Å². The summed E-state index contributed by atoms with van der Waals surface area (Å²) < 4.78 is 5.84. The van der Waals surface area contributed by atoms with Gasteiger partial charge >= 0.3 is 0 Å². The van der Waals surface area contributed by atoms with Crippen molar-refractivity contribution in [2.24, 2.45) is 5.41 Å². The van der Waals surface area contributed by atoms with Crippen LogP contribution in [0.1, 0.15) is 23.2 Å². The number of rotatable bonds is 6. The van der Waals surface area contributed by atoms with Crippen molar-refractivity contribution in [3.8, 4) is 5.75 Å². The average Bonchev–Trinajstić information content (AvgIpc) is 2.94. The van der Waals surface area contributed by atoms with Gasteiger partial charge in [-0.1, -0.05) is 18.2 Å². The molecule has 6 nitrogen and oxygen atoms in total. The molecule has 1 aromatic carbocycles. The second-order valence-corrected chi connectivity index (χ2v) is 6.57. The number of nitrogens with one attached hydrogen (secondary N) is 1. The van der Waals surface area contributed by atoms with Crippen LogP contribution < -0.4 is 10.1 Å². The van der Waals surface area contributed by atoms with Crippen LogP contribution in [0, 0.1) is 5.41 Å². The molecule has 1 unspecified atom stereocenters. The van der Waals surface area contributed by atoms with E-state index in [0.717, 1.165) is 5.75 Å². The fraction of sp³-hybridized carbons (Fsp3) is 0.368. The van der Waals surface area contributed by atoms with Gasteiger partial charge in [-0.2, -0.15) is 0 Å². The number of nitrogens with zero attached hydrogens (tertiary/aromatic N) is 1. The maximum absolute atomic E-state index is 12.3. The molecule has 0 radical (unpaired) electrons. The summed E-state index contributed by atoms with van der Waals surface area (Å²) in [5.41, 5.74) is -0.0484. The number of ether oxygens (including phenoxy) is 1. The third-order valence-corrected chi connectivity index (χ3v) is 4.56. The highest BCUT2D eigenvalue weighted by atomic mass is 35.5. The Morgan fingerprint density at radius 2 is 1.85 bits per heavy atom. The minimum Gasteiger partial charge on any atom is -0.493 e. The van der Waals surface area contributed by atoms with Gasteiger partial charge in [-0.05, 0) is 37.1 Å². The van der Waals surface area contributed by atoms with Crippen LogP contribution in [-0.2, 0) is 0 Å². The molecule has 0 aliphatic heterocycles. The lowest BCUT2D eigenvalue weighted by molar-refractivity contribution is 0.0438. The molecule has 3 atom stereocenters. The summed E-state index contributed by atoms with van der Waals surface area (Å²) in [4.78, 5) is 16.2. The van der Waals surface area contributed by atoms with Crippen LogP contribution in [0.2, 0.25) is 0 Å². The lowest BCUT2D eigenvalue weighted by Gasteiger charge is -2.29. The zero-order valence-electron chi connectivity index (χ0n) is 14.2. The number of aromatic nitrogens is 1. The Balaban J connectivity index is 0.00000243. The van der Waals surface area contributed by atoms with Crippen LogP contribution in [0.15, 0.2) is 54.9 Å². The summed E-state index contributed by atoms with van der Waals surface area (Å²) in [5.74, 6) is 0.486. The first kappa shape index (κ1) is 20.2. The van der Waals surface area contributed by atoms with Gasteiger partial charge in [-0.15, -0.1) is 12.4 Å². The van der Waals surface area contributed by atoms with Crippen molar-refractivity contribution >= 4 is 18.3 Å². The van der Waals surface area contributed by atoms with Crippen molar-refractivity contribution in [2.45, 2.75) is 25.0 Å². The lowest BCUT2D eigenvalue weighted by atomic mass is 9.86. The molecule has 0 spiro atoms. The van der Waals surface area contributed by atoms with Gasteiger partial charge in [0.15, 0.2) is 0 Å². The van der Waals surface area contributed by atoms with Gasteiger partial charge < -0.3 is 20.3 Å². The van der Waals surface area contributed by atoms with Crippen molar-refractivity contribution in [3.63, 3.8) is 0 Å². The van der Waals surface area contributed by atoms with Gasteiger partial charge in [0.05, 0.1) is 24.4 Å². The molecule has 0 saturated heterocycles. The van der Waals surface area contributed by atoms with E-state index in [0.29, 0.717) is 31.6 Å². The predicted molar refractivity (Wildman–Crippen MR) is 99.4 cm³/mol. The molecule has 2 aromatic rings. The fourth-order valence-electron chi connectivity index (χ4n) is 3.18. The first-order valence-electron chi connectivity index (χ1n) is 8.30. The Bertz CT molecular complexity index is 689. The molecule has 140 valence electrons. The van der Waals surface area contributed by atoms with E-state index in [1.165, 1.54) is 6.20 Å². The normalized spacial score (nSPS) is 24.5. The lowest BCUT2D eigenvalue weighted by Crippen LogP contribution is -2.40. The van der Waals surface area contributed by atoms with E-state index >= 15 is 0 Å². The number of amides is 1. The maximum Gasteiger partial charge on any atom is 0.252 e. The number of hydrogen-bond acceptors (Lipinski definition) is 5. The Labute approximate surface area is 158 Å². The summed E-state index contributed by atoms with van der Waals surface area (Å²) in [6.45, 7) is 0.611. The van der Waals surface area contributed by atoms with E-state index in [1.54, 1.807) is 18.3 Å². The number of aliphatic hydroxyl groups excluding tert-OH is 2. The van der Waals surface area contributed by atoms with E-state index < -0.39 is 17.6 Å². The monoisotopic (exact) mass is 378 g/mol. The van der Waals surface area contributed by atoms with Crippen LogP contribution in [0.25, 0.3) is 0 Å². The molecule has 1 saturated carbocycles. The summed E-state index contributed by atoms with van der Waals surface area (Å²) in [6.07, 6.45) is 2.23. The van der Waals surface area contributed by atoms with Gasteiger partial charge in [0, 0.05) is 24.4 Å². The van der Waals surface area contributed by atoms with E-state index in [1.807, 2.05) is 30.3 Å². The third kappa shape index (κ3) is 4.94. The van der Waals surface area contributed by atoms with Crippen LogP contribution in [0.3, 0.4) is 0 Å². The quantitative estimate of drug-likeness (QED) is 0.713. The smallest absolute Gasteiger partial charge is 0.252 e. The number of pyridine rings is 1. The summed E-state index contributed by atoms with van der Waals surface area (Å²) in [5, 5.41) is 22.8. The van der Waals surface area contributed by atoms with E-state index in [2.05, 4.69) is 10.3 Å². The van der Waals surface area contributed by atoms with Crippen molar-refractivity contribution in [1.29, 1.82) is 0 Å². The number of aliphatic hydroxyl groups is 2. The largest absolute Gasteiger partial charge is 0.493 e. The van der Waals surface area contributed by atoms with Crippen molar-refractivity contribution < 1.29 is 19.7 Å². The van der Waals surface area contributed by atoms with E-state index in [4.69, 9.17) is 4.74 Å². The van der Waals surface area contributed by atoms with E-state index in [9.17, 15) is 15.0 Å². The number of halogens is 1. The minimum absolute atomic E-state index is 0.